The Kier molecular flexibility index (Phi) is 5.51. The predicted octanol–water partition coefficient (Wildman–Crippen LogP) is 2.20. The van der Waals surface area contributed by atoms with Crippen LogP contribution in [0.4, 0.5) is 16.2 Å². The normalized spacial score (nSPS) is 13.4. The summed E-state index contributed by atoms with van der Waals surface area (Å²) >= 11 is 0. The predicted molar refractivity (Wildman–Crippen MR) is 108 cm³/mol. The van der Waals surface area contributed by atoms with E-state index in [2.05, 4.69) is 15.8 Å². The molecule has 8 heteroatoms. The van der Waals surface area contributed by atoms with Crippen LogP contribution in [0.15, 0.2) is 47.6 Å². The average molecular weight is 379 g/mol. The lowest BCUT2D eigenvalue weighted by Crippen LogP contribution is -2.37. The fourth-order valence-electron chi connectivity index (χ4n) is 2.78. The van der Waals surface area contributed by atoms with Crippen molar-refractivity contribution < 1.29 is 14.4 Å². The third kappa shape index (κ3) is 4.24. The number of carbonyl (C=O) groups excluding carboxylic acids is 3. The van der Waals surface area contributed by atoms with Crippen molar-refractivity contribution in [2.75, 3.05) is 31.0 Å². The number of aryl methyl sites for hydroxylation is 1. The minimum Gasteiger partial charge on any atom is -0.306 e. The van der Waals surface area contributed by atoms with E-state index in [1.807, 2.05) is 45.3 Å². The van der Waals surface area contributed by atoms with E-state index in [0.717, 1.165) is 11.1 Å². The second-order valence-corrected chi connectivity index (χ2v) is 6.75. The lowest BCUT2D eigenvalue weighted by Gasteiger charge is -2.21. The van der Waals surface area contributed by atoms with Gasteiger partial charge in [-0.25, -0.2) is 10.2 Å². The van der Waals surface area contributed by atoms with Gasteiger partial charge in [0.1, 0.15) is 0 Å². The number of rotatable bonds is 5. The molecule has 8 nitrogen and oxygen atoms in total. The first-order chi connectivity index (χ1) is 13.3. The molecule has 0 atom stereocenters. The Morgan fingerprint density at radius 3 is 2.54 bits per heavy atom. The molecule has 3 amide bonds. The topological polar surface area (TPSA) is 94.1 Å². The largest absolute Gasteiger partial charge is 0.339 e. The van der Waals surface area contributed by atoms with Crippen LogP contribution in [0, 0.1) is 6.92 Å². The molecule has 0 aromatic heterocycles. The van der Waals surface area contributed by atoms with Crippen molar-refractivity contribution in [3.8, 4) is 0 Å². The average Bonchev–Trinajstić information content (AvgIpc) is 2.88. The molecule has 28 heavy (non-hydrogen) atoms. The Hall–Kier alpha value is -3.52. The number of fused-ring (bicyclic) bond motifs is 1. The molecule has 0 saturated heterocycles. The molecule has 0 unspecified atom stereocenters. The Balaban J connectivity index is 1.65. The number of nitrogens with zero attached hydrogens (tertiary/aromatic N) is 3. The van der Waals surface area contributed by atoms with Crippen LogP contribution >= 0.6 is 0 Å². The van der Waals surface area contributed by atoms with Gasteiger partial charge >= 0.3 is 11.9 Å². The van der Waals surface area contributed by atoms with Gasteiger partial charge in [0.2, 0.25) is 0 Å². The van der Waals surface area contributed by atoms with Gasteiger partial charge in [-0.3, -0.25) is 19.4 Å². The number of ketones is 1. The van der Waals surface area contributed by atoms with Crippen LogP contribution in [0.1, 0.15) is 21.5 Å². The second kappa shape index (κ2) is 8.01. The molecular weight excluding hydrogens is 358 g/mol. The number of nitrogens with one attached hydrogen (secondary N) is 2. The molecule has 2 aromatic carbocycles. The van der Waals surface area contributed by atoms with E-state index >= 15 is 0 Å². The number of urea groups is 1. The van der Waals surface area contributed by atoms with E-state index in [0.29, 0.717) is 18.0 Å². The maximum atomic E-state index is 12.2. The highest BCUT2D eigenvalue weighted by Gasteiger charge is 2.36. The second-order valence-electron chi connectivity index (χ2n) is 6.75. The molecule has 0 fully saturated rings. The standard InChI is InChI=1S/C20H21N5O3/c1-13-4-6-14(7-5-13)11-21-23-20(28)22-15-8-9-17-16(10-15)18(26)19(27)25(17)12-24(2)3/h4-11H,12H2,1-3H3,(H2,22,23,28)/b21-11+. The molecule has 0 radical (unpaired) electrons. The first kappa shape index (κ1) is 19.2. The molecule has 2 aromatic rings. The monoisotopic (exact) mass is 379 g/mol. The minimum absolute atomic E-state index is 0.271. The van der Waals surface area contributed by atoms with Gasteiger partial charge in [-0.15, -0.1) is 0 Å². The maximum absolute atomic E-state index is 12.2. The zero-order valence-electron chi connectivity index (χ0n) is 15.9. The molecule has 1 heterocycles. The molecule has 1 aliphatic rings. The quantitative estimate of drug-likeness (QED) is 0.473. The van der Waals surface area contributed by atoms with Crippen LogP contribution in [0.5, 0.6) is 0 Å². The van der Waals surface area contributed by atoms with Crippen LogP contribution in [-0.4, -0.2) is 49.6 Å². The van der Waals surface area contributed by atoms with E-state index in [1.54, 1.807) is 17.0 Å². The minimum atomic E-state index is -0.585. The van der Waals surface area contributed by atoms with Gasteiger partial charge < -0.3 is 5.32 Å². The van der Waals surface area contributed by atoms with Gasteiger partial charge in [0.05, 0.1) is 24.1 Å². The van der Waals surface area contributed by atoms with Crippen LogP contribution in [0.25, 0.3) is 0 Å². The number of benzene rings is 2. The Labute approximate surface area is 162 Å². The van der Waals surface area contributed by atoms with E-state index in [9.17, 15) is 14.4 Å². The lowest BCUT2D eigenvalue weighted by atomic mass is 10.1. The first-order valence-corrected chi connectivity index (χ1v) is 8.67. The summed E-state index contributed by atoms with van der Waals surface area (Å²) in [6.45, 7) is 2.29. The number of hydrazone groups is 1. The highest BCUT2D eigenvalue weighted by Crippen LogP contribution is 2.31. The molecule has 0 spiro atoms. The molecular formula is C20H21N5O3. The lowest BCUT2D eigenvalue weighted by molar-refractivity contribution is -0.114. The van der Waals surface area contributed by atoms with Gasteiger partial charge in [-0.1, -0.05) is 29.8 Å². The molecule has 0 bridgehead atoms. The Morgan fingerprint density at radius 1 is 1.14 bits per heavy atom. The number of carbonyl (C=O) groups is 3. The SMILES string of the molecule is Cc1ccc(/C=N/NC(=O)Nc2ccc3c(c2)C(=O)C(=O)N3CN(C)C)cc1. The number of hydrogen-bond donors (Lipinski definition) is 2. The Bertz CT molecular complexity index is 951. The zero-order valence-corrected chi connectivity index (χ0v) is 15.9. The third-order valence-electron chi connectivity index (χ3n) is 4.11. The highest BCUT2D eigenvalue weighted by molar-refractivity contribution is 6.52. The number of hydrogen-bond acceptors (Lipinski definition) is 5. The van der Waals surface area contributed by atoms with E-state index < -0.39 is 17.7 Å². The maximum Gasteiger partial charge on any atom is 0.339 e. The number of Topliss-reactive ketones (excluding diaryl/α,β-unsaturated/α-hetero) is 1. The van der Waals surface area contributed by atoms with E-state index in [4.69, 9.17) is 0 Å². The zero-order chi connectivity index (χ0) is 20.3. The van der Waals surface area contributed by atoms with Crippen molar-refractivity contribution in [2.24, 2.45) is 5.10 Å². The fraction of sp³-hybridized carbons (Fsp3) is 0.200. The summed E-state index contributed by atoms with van der Waals surface area (Å²) in [7, 11) is 3.63. The third-order valence-corrected chi connectivity index (χ3v) is 4.11. The van der Waals surface area contributed by atoms with E-state index in [1.165, 1.54) is 17.2 Å². The molecule has 3 rings (SSSR count). The Morgan fingerprint density at radius 2 is 1.86 bits per heavy atom. The van der Waals surface area contributed by atoms with Crippen molar-refractivity contribution in [3.05, 3.63) is 59.2 Å². The molecule has 0 saturated carbocycles. The molecule has 144 valence electrons. The van der Waals surface area contributed by atoms with Crippen LogP contribution < -0.4 is 15.6 Å². The van der Waals surface area contributed by atoms with Crippen molar-refractivity contribution in [1.29, 1.82) is 0 Å². The van der Waals surface area contributed by atoms with Crippen molar-refractivity contribution in [1.82, 2.24) is 10.3 Å². The summed E-state index contributed by atoms with van der Waals surface area (Å²) in [6, 6.07) is 11.9. The summed E-state index contributed by atoms with van der Waals surface area (Å²) in [5.41, 5.74) is 5.56. The summed E-state index contributed by atoms with van der Waals surface area (Å²) in [6.07, 6.45) is 1.53. The van der Waals surface area contributed by atoms with Gasteiger partial charge in [0.25, 0.3) is 5.78 Å². The van der Waals surface area contributed by atoms with E-state index in [-0.39, 0.29) is 5.56 Å². The van der Waals surface area contributed by atoms with Crippen molar-refractivity contribution in [2.45, 2.75) is 6.92 Å². The van der Waals surface area contributed by atoms with Crippen molar-refractivity contribution >= 4 is 35.3 Å². The summed E-state index contributed by atoms with van der Waals surface area (Å²) in [5.74, 6) is -1.16. The summed E-state index contributed by atoms with van der Waals surface area (Å²) in [4.78, 5) is 39.6. The summed E-state index contributed by atoms with van der Waals surface area (Å²) in [5, 5.41) is 6.49. The van der Waals surface area contributed by atoms with Crippen LogP contribution in [-0.2, 0) is 4.79 Å². The van der Waals surface area contributed by atoms with Gasteiger partial charge in [0, 0.05) is 5.69 Å². The van der Waals surface area contributed by atoms with Crippen LogP contribution in [0.3, 0.4) is 0 Å². The number of amides is 3. The smallest absolute Gasteiger partial charge is 0.306 e. The number of anilines is 2. The molecule has 0 aliphatic carbocycles. The van der Waals surface area contributed by atoms with Crippen molar-refractivity contribution in [3.63, 3.8) is 0 Å². The first-order valence-electron chi connectivity index (χ1n) is 8.67. The molecule has 1 aliphatic heterocycles. The van der Waals surface area contributed by atoms with Gasteiger partial charge in [0.15, 0.2) is 0 Å². The fourth-order valence-corrected chi connectivity index (χ4v) is 2.78. The highest BCUT2D eigenvalue weighted by atomic mass is 16.2. The van der Waals surface area contributed by atoms with Gasteiger partial charge in [-0.05, 0) is 44.8 Å². The van der Waals surface area contributed by atoms with Crippen LogP contribution in [0.2, 0.25) is 0 Å². The summed E-state index contributed by atoms with van der Waals surface area (Å²) < 4.78 is 0. The van der Waals surface area contributed by atoms with Gasteiger partial charge in [-0.2, -0.15) is 5.10 Å². The molecule has 2 N–H and O–H groups in total.